The number of rotatable bonds is 51. The molecule has 0 fully saturated rings. The second-order valence-electron chi connectivity index (χ2n) is 20.3. The minimum Gasteiger partial charge on any atom is -0.756 e. The third-order valence-corrected chi connectivity index (χ3v) is 13.1. The summed E-state index contributed by atoms with van der Waals surface area (Å²) in [5, 5.41) is 13.8. The molecule has 9 heteroatoms. The molecule has 1 amide bonds. The molecule has 3 unspecified atom stereocenters. The van der Waals surface area contributed by atoms with Crippen LogP contribution in [0.4, 0.5) is 0 Å². The normalized spacial score (nSPS) is 14.9. The number of phosphoric ester groups is 1. The number of aliphatic hydroxyl groups excluding tert-OH is 1. The van der Waals surface area contributed by atoms with Crippen molar-refractivity contribution in [2.75, 3.05) is 40.9 Å². The standard InChI is InChI=1S/C64H109N2O6P/c1-6-8-10-12-14-16-18-20-22-24-26-27-28-29-30-31-32-33-34-35-36-37-38-39-40-42-44-46-48-50-52-54-56-58-64(68)65-62(61-72-73(69,70)71-60-59-66(3,4)5)63(67)57-55-53-51-49-47-45-43-41-25-23-21-19-17-15-13-11-9-7-2/h8,10,14,16,20,22,26-27,29-30,32-33,35-36,38-39,42,44,47,49,55,57,62-63,67H,6-7,9,11-13,15,17-19,21,23-25,28,31,34,37,40-41,43,45-46,48,50-54,56,58-61H2,1-5H3,(H-,65,68,69,70)/b10-8-,16-14-,22-20-,27-26-,30-29-,33-32-,36-35-,39-38-,44-42-,49-47+,57-55+. The molecule has 0 rings (SSSR count). The highest BCUT2D eigenvalue weighted by Crippen LogP contribution is 2.38. The Bertz CT molecular complexity index is 1640. The molecule has 0 aromatic carbocycles. The van der Waals surface area contributed by atoms with Gasteiger partial charge in [0.2, 0.25) is 5.91 Å². The van der Waals surface area contributed by atoms with Gasteiger partial charge in [-0.3, -0.25) is 9.36 Å². The van der Waals surface area contributed by atoms with Crippen LogP contribution in [0.25, 0.3) is 0 Å². The molecule has 0 saturated heterocycles. The van der Waals surface area contributed by atoms with E-state index in [1.54, 1.807) is 6.08 Å². The van der Waals surface area contributed by atoms with E-state index in [0.717, 1.165) is 116 Å². The number of carbonyl (C=O) groups excluding carboxylic acids is 1. The number of carbonyl (C=O) groups is 1. The van der Waals surface area contributed by atoms with Gasteiger partial charge in [-0.15, -0.1) is 0 Å². The van der Waals surface area contributed by atoms with Gasteiger partial charge in [0, 0.05) is 6.42 Å². The van der Waals surface area contributed by atoms with Crippen LogP contribution in [0.15, 0.2) is 134 Å². The van der Waals surface area contributed by atoms with Crippen LogP contribution < -0.4 is 10.2 Å². The summed E-state index contributed by atoms with van der Waals surface area (Å²) in [5.74, 6) is -0.232. The molecule has 0 aromatic rings. The van der Waals surface area contributed by atoms with E-state index in [0.29, 0.717) is 17.4 Å². The molecule has 0 aliphatic carbocycles. The van der Waals surface area contributed by atoms with Crippen molar-refractivity contribution in [3.63, 3.8) is 0 Å². The van der Waals surface area contributed by atoms with Crippen LogP contribution in [0.1, 0.15) is 213 Å². The molecule has 0 aliphatic rings. The maximum Gasteiger partial charge on any atom is 0.268 e. The van der Waals surface area contributed by atoms with Crippen LogP contribution in [0.3, 0.4) is 0 Å². The summed E-state index contributed by atoms with van der Waals surface area (Å²) in [6.45, 7) is 4.48. The fraction of sp³-hybridized carbons (Fsp3) is 0.641. The summed E-state index contributed by atoms with van der Waals surface area (Å²) in [5.41, 5.74) is 0. The number of allylic oxidation sites excluding steroid dienone is 21. The van der Waals surface area contributed by atoms with Gasteiger partial charge in [-0.1, -0.05) is 237 Å². The molecular weight excluding hydrogens is 924 g/mol. The number of aliphatic hydroxyl groups is 1. The largest absolute Gasteiger partial charge is 0.756 e. The molecule has 3 atom stereocenters. The van der Waals surface area contributed by atoms with Crippen LogP contribution in [-0.2, 0) is 18.4 Å². The second-order valence-corrected chi connectivity index (χ2v) is 21.7. The molecule has 0 aromatic heterocycles. The van der Waals surface area contributed by atoms with E-state index in [-0.39, 0.29) is 12.5 Å². The maximum absolute atomic E-state index is 13.0. The fourth-order valence-electron chi connectivity index (χ4n) is 7.57. The SMILES string of the molecule is CC/C=C\C/C=C\C/C=C\C/C=C\C/C=C\C/C=C\C/C=C\C/C=C\C/C=C\CCCCCCCC(=O)NC(COP(=O)([O-])OCC[N+](C)(C)C)C(O)/C=C/CC/C=C/CCCCCCCCCCCCCC. The molecule has 0 aliphatic heterocycles. The quantitative estimate of drug-likeness (QED) is 0.0272. The Morgan fingerprint density at radius 1 is 0.493 bits per heavy atom. The van der Waals surface area contributed by atoms with Crippen LogP contribution in [0.5, 0.6) is 0 Å². The lowest BCUT2D eigenvalue weighted by molar-refractivity contribution is -0.870. The molecule has 0 heterocycles. The summed E-state index contributed by atoms with van der Waals surface area (Å²) < 4.78 is 23.3. The average molecular weight is 1030 g/mol. The van der Waals surface area contributed by atoms with Gasteiger partial charge in [0.15, 0.2) is 0 Å². The zero-order valence-corrected chi connectivity index (χ0v) is 48.2. The summed E-state index contributed by atoms with van der Waals surface area (Å²) in [6.07, 6.45) is 81.0. The van der Waals surface area contributed by atoms with Gasteiger partial charge in [-0.2, -0.15) is 0 Å². The van der Waals surface area contributed by atoms with E-state index in [1.165, 1.54) is 77.0 Å². The summed E-state index contributed by atoms with van der Waals surface area (Å²) in [7, 11) is 1.21. The molecular formula is C64H109N2O6P. The van der Waals surface area contributed by atoms with Gasteiger partial charge in [0.1, 0.15) is 13.2 Å². The lowest BCUT2D eigenvalue weighted by atomic mass is 10.0. The van der Waals surface area contributed by atoms with Gasteiger partial charge in [-0.05, 0) is 103 Å². The number of quaternary nitrogens is 1. The van der Waals surface area contributed by atoms with Crippen molar-refractivity contribution in [3.8, 4) is 0 Å². The van der Waals surface area contributed by atoms with Crippen molar-refractivity contribution in [1.29, 1.82) is 0 Å². The Morgan fingerprint density at radius 2 is 0.849 bits per heavy atom. The number of unbranched alkanes of at least 4 members (excludes halogenated alkanes) is 18. The van der Waals surface area contributed by atoms with Crippen LogP contribution in [0, 0.1) is 0 Å². The monoisotopic (exact) mass is 1030 g/mol. The Hall–Kier alpha value is -3.36. The Kier molecular flexibility index (Phi) is 51.0. The van der Waals surface area contributed by atoms with Crippen molar-refractivity contribution < 1.29 is 32.9 Å². The van der Waals surface area contributed by atoms with Gasteiger partial charge >= 0.3 is 0 Å². The van der Waals surface area contributed by atoms with E-state index in [1.807, 2.05) is 27.2 Å². The summed E-state index contributed by atoms with van der Waals surface area (Å²) >= 11 is 0. The van der Waals surface area contributed by atoms with Crippen LogP contribution >= 0.6 is 7.82 Å². The molecule has 0 radical (unpaired) electrons. The number of amides is 1. The minimum absolute atomic E-state index is 0.0179. The lowest BCUT2D eigenvalue weighted by Gasteiger charge is -2.29. The molecule has 0 bridgehead atoms. The average Bonchev–Trinajstić information content (AvgIpc) is 3.35. The number of hydrogen-bond acceptors (Lipinski definition) is 6. The summed E-state index contributed by atoms with van der Waals surface area (Å²) in [6, 6.07) is -0.925. The van der Waals surface area contributed by atoms with E-state index in [2.05, 4.69) is 141 Å². The molecule has 0 spiro atoms. The van der Waals surface area contributed by atoms with Crippen molar-refractivity contribution in [3.05, 3.63) is 134 Å². The minimum atomic E-state index is -4.62. The number of nitrogens with zero attached hydrogens (tertiary/aromatic N) is 1. The van der Waals surface area contributed by atoms with Crippen molar-refractivity contribution in [1.82, 2.24) is 5.32 Å². The predicted octanol–water partition coefficient (Wildman–Crippen LogP) is 17.3. The van der Waals surface area contributed by atoms with Crippen molar-refractivity contribution in [2.24, 2.45) is 0 Å². The first-order valence-corrected chi connectivity index (χ1v) is 30.5. The zero-order chi connectivity index (χ0) is 53.5. The third kappa shape index (κ3) is 56.2. The fourth-order valence-corrected chi connectivity index (χ4v) is 8.29. The first-order chi connectivity index (χ1) is 35.5. The number of nitrogens with one attached hydrogen (secondary N) is 1. The van der Waals surface area contributed by atoms with Crippen LogP contribution in [0.2, 0.25) is 0 Å². The van der Waals surface area contributed by atoms with Gasteiger partial charge < -0.3 is 28.8 Å². The predicted molar refractivity (Wildman–Crippen MR) is 315 cm³/mol. The highest BCUT2D eigenvalue weighted by Gasteiger charge is 2.23. The van der Waals surface area contributed by atoms with E-state index >= 15 is 0 Å². The van der Waals surface area contributed by atoms with E-state index in [4.69, 9.17) is 9.05 Å². The molecule has 73 heavy (non-hydrogen) atoms. The molecule has 8 nitrogen and oxygen atoms in total. The highest BCUT2D eigenvalue weighted by atomic mass is 31.2. The van der Waals surface area contributed by atoms with E-state index < -0.39 is 26.6 Å². The van der Waals surface area contributed by atoms with Gasteiger partial charge in [0.25, 0.3) is 7.82 Å². The third-order valence-electron chi connectivity index (χ3n) is 12.1. The van der Waals surface area contributed by atoms with Gasteiger partial charge in [-0.25, -0.2) is 0 Å². The summed E-state index contributed by atoms with van der Waals surface area (Å²) in [4.78, 5) is 25.5. The highest BCUT2D eigenvalue weighted by molar-refractivity contribution is 7.45. The Morgan fingerprint density at radius 3 is 1.27 bits per heavy atom. The van der Waals surface area contributed by atoms with Crippen LogP contribution in [-0.4, -0.2) is 68.5 Å². The Balaban J connectivity index is 4.32. The van der Waals surface area contributed by atoms with Crippen molar-refractivity contribution >= 4 is 13.7 Å². The van der Waals surface area contributed by atoms with Gasteiger partial charge in [0.05, 0.1) is 39.9 Å². The molecule has 416 valence electrons. The number of hydrogen-bond donors (Lipinski definition) is 2. The Labute approximate surface area is 449 Å². The molecule has 2 N–H and O–H groups in total. The second kappa shape index (κ2) is 53.5. The lowest BCUT2D eigenvalue weighted by Crippen LogP contribution is -2.45. The number of phosphoric acid groups is 1. The first-order valence-electron chi connectivity index (χ1n) is 29.0. The smallest absolute Gasteiger partial charge is 0.268 e. The van der Waals surface area contributed by atoms with Crippen molar-refractivity contribution in [2.45, 2.75) is 225 Å². The maximum atomic E-state index is 13.0. The number of likely N-dealkylation sites (N-methyl/N-ethyl adjacent to an activating group) is 1. The topological polar surface area (TPSA) is 108 Å². The molecule has 0 saturated carbocycles. The zero-order valence-electron chi connectivity index (χ0n) is 47.3. The first kappa shape index (κ1) is 69.6. The van der Waals surface area contributed by atoms with E-state index in [9.17, 15) is 19.4 Å².